The molecule has 278 valence electrons. The first kappa shape index (κ1) is 38.3. The van der Waals surface area contributed by atoms with Gasteiger partial charge >= 0.3 is 0 Å². The van der Waals surface area contributed by atoms with Gasteiger partial charge in [0.25, 0.3) is 10.0 Å². The van der Waals surface area contributed by atoms with Crippen LogP contribution >= 0.6 is 11.3 Å². The maximum atomic E-state index is 13.9. The van der Waals surface area contributed by atoms with E-state index in [0.29, 0.717) is 33.5 Å². The van der Waals surface area contributed by atoms with Crippen LogP contribution in [0.1, 0.15) is 58.1 Å². The van der Waals surface area contributed by atoms with E-state index in [1.54, 1.807) is 26.0 Å². The highest BCUT2D eigenvalue weighted by Crippen LogP contribution is 2.32. The van der Waals surface area contributed by atoms with Crippen molar-refractivity contribution in [2.45, 2.75) is 76.3 Å². The molecule has 4 heterocycles. The van der Waals surface area contributed by atoms with Crippen LogP contribution in [0.2, 0.25) is 0 Å². The van der Waals surface area contributed by atoms with Crippen molar-refractivity contribution in [1.82, 2.24) is 45.5 Å². The van der Waals surface area contributed by atoms with Crippen LogP contribution in [0.15, 0.2) is 57.3 Å². The lowest BCUT2D eigenvalue weighted by Gasteiger charge is -2.25. The van der Waals surface area contributed by atoms with Crippen molar-refractivity contribution in [3.05, 3.63) is 60.0 Å². The predicted octanol–water partition coefficient (Wildman–Crippen LogP) is 2.39. The van der Waals surface area contributed by atoms with Gasteiger partial charge in [0, 0.05) is 24.7 Å². The zero-order valence-corrected chi connectivity index (χ0v) is 31.2. The highest BCUT2D eigenvalue weighted by molar-refractivity contribution is 7.91. The lowest BCUT2D eigenvalue weighted by molar-refractivity contribution is -0.132. The van der Waals surface area contributed by atoms with E-state index in [1.807, 2.05) is 44.2 Å². The van der Waals surface area contributed by atoms with Gasteiger partial charge in [-0.3, -0.25) is 19.2 Å². The van der Waals surface area contributed by atoms with Gasteiger partial charge in [0.2, 0.25) is 23.6 Å². The molecule has 5 rings (SSSR count). The maximum Gasteiger partial charge on any atom is 0.253 e. The minimum Gasteiger partial charge on any atom is -0.355 e. The highest BCUT2D eigenvalue weighted by Gasteiger charge is 2.32. The number of aryl methyl sites for hydroxylation is 1. The van der Waals surface area contributed by atoms with Crippen molar-refractivity contribution in [2.24, 2.45) is 5.92 Å². The smallest absolute Gasteiger partial charge is 0.253 e. The lowest BCUT2D eigenvalue weighted by atomic mass is 10.0. The van der Waals surface area contributed by atoms with E-state index in [1.165, 1.54) is 17.7 Å². The molecule has 0 saturated heterocycles. The molecule has 0 spiro atoms. The van der Waals surface area contributed by atoms with Crippen LogP contribution in [0.25, 0.3) is 22.0 Å². The Balaban J connectivity index is 1.43. The first-order valence-corrected chi connectivity index (χ1v) is 19.2. The van der Waals surface area contributed by atoms with Gasteiger partial charge in [0.05, 0.1) is 23.2 Å². The molecule has 0 bridgehead atoms. The number of sulfonamides is 1. The number of hydrogen-bond acceptors (Lipinski definition) is 11. The Kier molecular flexibility index (Phi) is 12.2. The molecule has 4 aromatic rings. The summed E-state index contributed by atoms with van der Waals surface area (Å²) in [6.45, 7) is 7.85. The number of carbonyl (C=O) groups excluding carboxylic acids is 4. The van der Waals surface area contributed by atoms with E-state index in [4.69, 9.17) is 4.52 Å². The summed E-state index contributed by atoms with van der Waals surface area (Å²) in [6, 6.07) is 11.1. The zero-order valence-electron chi connectivity index (χ0n) is 29.6. The van der Waals surface area contributed by atoms with Gasteiger partial charge in [-0.15, -0.1) is 11.3 Å². The van der Waals surface area contributed by atoms with Crippen LogP contribution in [0.5, 0.6) is 0 Å². The summed E-state index contributed by atoms with van der Waals surface area (Å²) in [5.74, 6) is -1.14. The summed E-state index contributed by atoms with van der Waals surface area (Å²) in [5.41, 5.74) is 1.35. The van der Waals surface area contributed by atoms with Gasteiger partial charge < -0.3 is 25.8 Å². The van der Waals surface area contributed by atoms with E-state index in [0.717, 1.165) is 15.6 Å². The summed E-state index contributed by atoms with van der Waals surface area (Å²) in [7, 11) is -4.21. The quantitative estimate of drug-likeness (QED) is 0.226. The second-order valence-corrected chi connectivity index (χ2v) is 16.3. The minimum atomic E-state index is -4.21. The van der Waals surface area contributed by atoms with Crippen molar-refractivity contribution in [3.8, 4) is 22.0 Å². The molecule has 1 aliphatic heterocycles. The Bertz CT molecular complexity index is 2010. The summed E-state index contributed by atoms with van der Waals surface area (Å²) in [4.78, 5) is 58.6. The Labute approximate surface area is 305 Å². The van der Waals surface area contributed by atoms with E-state index in [9.17, 15) is 27.6 Å². The molecule has 18 heteroatoms. The van der Waals surface area contributed by atoms with Crippen molar-refractivity contribution >= 4 is 45.0 Å². The fourth-order valence-corrected chi connectivity index (χ4v) is 8.39. The molecule has 16 nitrogen and oxygen atoms in total. The first-order valence-electron chi connectivity index (χ1n) is 16.9. The molecular weight excluding hydrogens is 711 g/mol. The fourth-order valence-electron chi connectivity index (χ4n) is 5.55. The number of thiophene rings is 1. The number of amides is 4. The monoisotopic (exact) mass is 753 g/mol. The summed E-state index contributed by atoms with van der Waals surface area (Å²) < 4.78 is 35.5. The average Bonchev–Trinajstić information content (AvgIpc) is 3.86. The van der Waals surface area contributed by atoms with Crippen LogP contribution in [-0.4, -0.2) is 88.0 Å². The standard InChI is InChI=1S/C34H43N9O7S2/c1-20(2)16-25-34(47)37-22(4)32-39-31(24-10-7-6-8-11-24)40-43(32)19-28(44)35-14-9-15-42(18-29(45)36-23(5)33(46)38-25)52(48,49)30-13-12-27(51-30)26-17-21(3)41-50-26/h6-8,10-13,17,20,22-23,25H,9,14-16,18-19H2,1-5H3,(H,35,44)(H,36,45)(H,37,47)(H,38,46)/t22-,23+,25+/m0/s1. The molecule has 0 radical (unpaired) electrons. The Hall–Kier alpha value is -4.94. The second kappa shape index (κ2) is 16.6. The normalized spacial score (nSPS) is 20.5. The SMILES string of the molecule is Cc1cc(-c2ccc(S(=O)(=O)N3CCCNC(=O)Cn4nc(-c5ccccc5)nc4[C@H](C)NC(=O)[C@@H](CC(C)C)NC(=O)[C@@H](C)NC(=O)C3)s2)on1. The topological polar surface area (TPSA) is 211 Å². The maximum absolute atomic E-state index is 13.9. The lowest BCUT2D eigenvalue weighted by Crippen LogP contribution is -2.54. The molecule has 4 amide bonds. The molecule has 1 aromatic carbocycles. The molecule has 52 heavy (non-hydrogen) atoms. The third-order valence-electron chi connectivity index (χ3n) is 8.16. The number of rotatable bonds is 6. The number of nitrogens with one attached hydrogen (secondary N) is 4. The zero-order chi connectivity index (χ0) is 37.6. The third-order valence-corrected chi connectivity index (χ3v) is 11.6. The van der Waals surface area contributed by atoms with E-state index < -0.39 is 58.3 Å². The number of fused-ring (bicyclic) bond motifs is 1. The fraction of sp³-hybridized carbons (Fsp3) is 0.441. The van der Waals surface area contributed by atoms with Crippen molar-refractivity contribution < 1.29 is 32.1 Å². The molecule has 0 fully saturated rings. The van der Waals surface area contributed by atoms with Crippen LogP contribution in [-0.2, 0) is 35.7 Å². The molecule has 3 aromatic heterocycles. The largest absolute Gasteiger partial charge is 0.355 e. The van der Waals surface area contributed by atoms with Gasteiger partial charge in [-0.1, -0.05) is 49.3 Å². The molecular formula is C34H43N9O7S2. The first-order chi connectivity index (χ1) is 24.7. The van der Waals surface area contributed by atoms with Crippen LogP contribution in [0, 0.1) is 12.8 Å². The number of nitrogens with zero attached hydrogens (tertiary/aromatic N) is 5. The second-order valence-electron chi connectivity index (χ2n) is 13.0. The summed E-state index contributed by atoms with van der Waals surface area (Å²) in [5, 5.41) is 19.4. The van der Waals surface area contributed by atoms with Crippen LogP contribution in [0.3, 0.4) is 0 Å². The van der Waals surface area contributed by atoms with Gasteiger partial charge in [-0.05, 0) is 51.7 Å². The Morgan fingerprint density at radius 3 is 2.38 bits per heavy atom. The van der Waals surface area contributed by atoms with Gasteiger partial charge in [-0.2, -0.15) is 9.40 Å². The molecule has 0 unspecified atom stereocenters. The molecule has 4 N–H and O–H groups in total. The summed E-state index contributed by atoms with van der Waals surface area (Å²) >= 11 is 0.965. The highest BCUT2D eigenvalue weighted by atomic mass is 32.2. The van der Waals surface area contributed by atoms with Crippen LogP contribution < -0.4 is 21.3 Å². The molecule has 1 aliphatic rings. The number of aromatic nitrogens is 4. The van der Waals surface area contributed by atoms with Crippen LogP contribution in [0.4, 0.5) is 0 Å². The predicted molar refractivity (Wildman–Crippen MR) is 192 cm³/mol. The Morgan fingerprint density at radius 1 is 0.942 bits per heavy atom. The van der Waals surface area contributed by atoms with Gasteiger partial charge in [0.1, 0.15) is 28.7 Å². The van der Waals surface area contributed by atoms with E-state index in [2.05, 4.69) is 36.5 Å². The number of hydrogen-bond donors (Lipinski definition) is 4. The van der Waals surface area contributed by atoms with Crippen molar-refractivity contribution in [1.29, 1.82) is 0 Å². The Morgan fingerprint density at radius 2 is 1.69 bits per heavy atom. The minimum absolute atomic E-state index is 0.0134. The number of carbonyl (C=O) groups is 4. The summed E-state index contributed by atoms with van der Waals surface area (Å²) in [6.07, 6.45) is 0.453. The van der Waals surface area contributed by atoms with Gasteiger partial charge in [0.15, 0.2) is 11.6 Å². The average molecular weight is 754 g/mol. The van der Waals surface area contributed by atoms with Crippen molar-refractivity contribution in [2.75, 3.05) is 19.6 Å². The molecule has 0 saturated carbocycles. The number of benzene rings is 1. The molecule has 3 atom stereocenters. The van der Waals surface area contributed by atoms with Crippen molar-refractivity contribution in [3.63, 3.8) is 0 Å². The van der Waals surface area contributed by atoms with E-state index >= 15 is 0 Å². The van der Waals surface area contributed by atoms with Gasteiger partial charge in [-0.25, -0.2) is 18.1 Å². The van der Waals surface area contributed by atoms with E-state index in [-0.39, 0.29) is 42.6 Å². The third kappa shape index (κ3) is 9.48. The molecule has 0 aliphatic carbocycles.